The van der Waals surface area contributed by atoms with Gasteiger partial charge in [-0.3, -0.25) is 4.98 Å². The fraction of sp³-hybridized carbons (Fsp3) is 0.333. The quantitative estimate of drug-likeness (QED) is 0.353. The number of anilines is 2. The summed E-state index contributed by atoms with van der Waals surface area (Å²) in [4.78, 5) is 8.55. The third-order valence-electron chi connectivity index (χ3n) is 3.88. The monoisotopic (exact) mass is 374 g/mol. The first-order valence-corrected chi connectivity index (χ1v) is 12.4. The first-order valence-electron chi connectivity index (χ1n) is 8.32. The summed E-state index contributed by atoms with van der Waals surface area (Å²) >= 11 is 6.37. The number of hydrogen-bond acceptors (Lipinski definition) is 4. The van der Waals surface area contributed by atoms with Crippen LogP contribution in [0.3, 0.4) is 0 Å². The topological polar surface area (TPSA) is 52.0 Å². The summed E-state index contributed by atoms with van der Waals surface area (Å²) in [5.41, 5.74) is 2.53. The number of fused-ring (bicyclic) bond motifs is 1. The molecule has 3 aromatic heterocycles. The molecule has 0 aliphatic rings. The Morgan fingerprint density at radius 2 is 1.96 bits per heavy atom. The fourth-order valence-electron chi connectivity index (χ4n) is 2.41. The largest absolute Gasteiger partial charge is 0.361 e. The lowest BCUT2D eigenvalue weighted by Crippen LogP contribution is -2.22. The first-order chi connectivity index (χ1) is 11.9. The van der Waals surface area contributed by atoms with Crippen molar-refractivity contribution in [3.8, 4) is 0 Å². The molecule has 5 nitrogen and oxygen atoms in total. The zero-order chi connectivity index (χ0) is 17.9. The van der Waals surface area contributed by atoms with Crippen molar-refractivity contribution in [1.82, 2.24) is 14.5 Å². The highest BCUT2D eigenvalue weighted by atomic mass is 35.5. The van der Waals surface area contributed by atoms with Crippen LogP contribution in [0.5, 0.6) is 0 Å². The molecule has 3 heterocycles. The lowest BCUT2D eigenvalue weighted by Gasteiger charge is -2.15. The molecular formula is C18H23ClN4OSi. The van der Waals surface area contributed by atoms with E-state index in [0.29, 0.717) is 11.9 Å². The highest BCUT2D eigenvalue weighted by Crippen LogP contribution is 2.28. The fourth-order valence-corrected chi connectivity index (χ4v) is 3.35. The Bertz CT molecular complexity index is 845. The summed E-state index contributed by atoms with van der Waals surface area (Å²) in [6.45, 7) is 8.32. The average Bonchev–Trinajstić information content (AvgIpc) is 2.94. The van der Waals surface area contributed by atoms with E-state index in [1.165, 1.54) is 0 Å². The number of halogens is 1. The van der Waals surface area contributed by atoms with Gasteiger partial charge < -0.3 is 14.6 Å². The van der Waals surface area contributed by atoms with E-state index < -0.39 is 8.07 Å². The van der Waals surface area contributed by atoms with Gasteiger partial charge in [0, 0.05) is 44.3 Å². The highest BCUT2D eigenvalue weighted by Gasteiger charge is 2.13. The molecule has 132 valence electrons. The minimum Gasteiger partial charge on any atom is -0.361 e. The van der Waals surface area contributed by atoms with Crippen LogP contribution in [-0.4, -0.2) is 29.2 Å². The smallest absolute Gasteiger partial charge is 0.154 e. The molecule has 0 aliphatic carbocycles. The molecule has 3 rings (SSSR count). The van der Waals surface area contributed by atoms with E-state index in [9.17, 15) is 0 Å². The van der Waals surface area contributed by atoms with Crippen molar-refractivity contribution < 1.29 is 4.74 Å². The molecule has 0 saturated carbocycles. The van der Waals surface area contributed by atoms with Crippen molar-refractivity contribution in [3.05, 3.63) is 48.0 Å². The van der Waals surface area contributed by atoms with Crippen molar-refractivity contribution in [3.63, 3.8) is 0 Å². The predicted octanol–water partition coefficient (Wildman–Crippen LogP) is 5.14. The Labute approximate surface area is 154 Å². The molecule has 0 amide bonds. The van der Waals surface area contributed by atoms with Gasteiger partial charge >= 0.3 is 0 Å². The Kier molecular flexibility index (Phi) is 5.41. The number of nitrogens with one attached hydrogen (secondary N) is 1. The summed E-state index contributed by atoms with van der Waals surface area (Å²) in [6.07, 6.45) is 5.45. The standard InChI is InChI=1S/C18H23ClN4OSi/c1-25(2,3)11-10-24-13-23-9-6-14-12-16(17(19)22-18(14)23)21-15-4-7-20-8-5-15/h4-9,12H,10-11,13H2,1-3H3,(H,20,21). The molecule has 0 bridgehead atoms. The van der Waals surface area contributed by atoms with Crippen LogP contribution in [0.2, 0.25) is 30.8 Å². The second-order valence-corrected chi connectivity index (χ2v) is 13.2. The van der Waals surface area contributed by atoms with E-state index in [2.05, 4.69) is 34.9 Å². The molecule has 7 heteroatoms. The average molecular weight is 375 g/mol. The van der Waals surface area contributed by atoms with Gasteiger partial charge in [-0.15, -0.1) is 0 Å². The van der Waals surface area contributed by atoms with Gasteiger partial charge in [-0.25, -0.2) is 4.98 Å². The van der Waals surface area contributed by atoms with Gasteiger partial charge in [0.25, 0.3) is 0 Å². The molecule has 0 aliphatic heterocycles. The number of nitrogens with zero attached hydrogens (tertiary/aromatic N) is 3. The summed E-state index contributed by atoms with van der Waals surface area (Å²) in [5, 5.41) is 4.73. The molecule has 0 atom stereocenters. The van der Waals surface area contributed by atoms with Crippen molar-refractivity contribution in [2.75, 3.05) is 11.9 Å². The summed E-state index contributed by atoms with van der Waals surface area (Å²) in [5.74, 6) is 0. The molecular weight excluding hydrogens is 352 g/mol. The molecule has 0 fully saturated rings. The van der Waals surface area contributed by atoms with Crippen molar-refractivity contribution >= 4 is 42.1 Å². The summed E-state index contributed by atoms with van der Waals surface area (Å²) in [7, 11) is -1.07. The predicted molar refractivity (Wildman–Crippen MR) is 106 cm³/mol. The van der Waals surface area contributed by atoms with Gasteiger partial charge in [-0.1, -0.05) is 31.2 Å². The van der Waals surface area contributed by atoms with Crippen LogP contribution >= 0.6 is 11.6 Å². The van der Waals surface area contributed by atoms with Crippen LogP contribution in [-0.2, 0) is 11.5 Å². The summed E-state index contributed by atoms with van der Waals surface area (Å²) in [6, 6.07) is 8.96. The van der Waals surface area contributed by atoms with Crippen LogP contribution in [0, 0.1) is 0 Å². The first kappa shape index (κ1) is 17.9. The SMILES string of the molecule is C[Si](C)(C)CCOCn1ccc2cc(Nc3ccncc3)c(Cl)nc21. The van der Waals surface area contributed by atoms with Crippen molar-refractivity contribution in [1.29, 1.82) is 0 Å². The molecule has 1 N–H and O–H groups in total. The Balaban J connectivity index is 1.72. The third-order valence-corrected chi connectivity index (χ3v) is 5.87. The molecule has 0 unspecified atom stereocenters. The second-order valence-electron chi connectivity index (χ2n) is 7.23. The van der Waals surface area contributed by atoms with Crippen molar-refractivity contribution in [2.24, 2.45) is 0 Å². The zero-order valence-electron chi connectivity index (χ0n) is 14.8. The van der Waals surface area contributed by atoms with Gasteiger partial charge in [0.15, 0.2) is 5.15 Å². The number of aromatic nitrogens is 3. The molecule has 0 aromatic carbocycles. The number of ether oxygens (including phenoxy) is 1. The zero-order valence-corrected chi connectivity index (χ0v) is 16.5. The van der Waals surface area contributed by atoms with E-state index in [4.69, 9.17) is 16.3 Å². The van der Waals surface area contributed by atoms with Gasteiger partial charge in [0.2, 0.25) is 0 Å². The maximum absolute atomic E-state index is 6.37. The van der Waals surface area contributed by atoms with E-state index in [0.717, 1.165) is 35.1 Å². The van der Waals surface area contributed by atoms with Gasteiger partial charge in [0.1, 0.15) is 12.4 Å². The molecule has 0 radical (unpaired) electrons. The van der Waals surface area contributed by atoms with E-state index >= 15 is 0 Å². The van der Waals surface area contributed by atoms with E-state index in [1.807, 2.05) is 35.0 Å². The van der Waals surface area contributed by atoms with Crippen LogP contribution < -0.4 is 5.32 Å². The Morgan fingerprint density at radius 1 is 1.20 bits per heavy atom. The molecule has 0 spiro atoms. The van der Waals surface area contributed by atoms with Crippen LogP contribution in [0.4, 0.5) is 11.4 Å². The maximum Gasteiger partial charge on any atom is 0.154 e. The van der Waals surface area contributed by atoms with Gasteiger partial charge in [0.05, 0.1) is 5.69 Å². The Morgan fingerprint density at radius 3 is 2.68 bits per heavy atom. The normalized spacial score (nSPS) is 11.8. The Hall–Kier alpha value is -1.89. The molecule has 3 aromatic rings. The van der Waals surface area contributed by atoms with Crippen molar-refractivity contribution in [2.45, 2.75) is 32.4 Å². The van der Waals surface area contributed by atoms with E-state index in [-0.39, 0.29) is 0 Å². The second kappa shape index (κ2) is 7.55. The van der Waals surface area contributed by atoms with Gasteiger partial charge in [-0.05, 0) is 30.3 Å². The van der Waals surface area contributed by atoms with Crippen LogP contribution in [0.1, 0.15) is 0 Å². The van der Waals surface area contributed by atoms with Gasteiger partial charge in [-0.2, -0.15) is 0 Å². The maximum atomic E-state index is 6.37. The third kappa shape index (κ3) is 4.81. The van der Waals surface area contributed by atoms with E-state index in [1.54, 1.807) is 12.4 Å². The number of rotatable bonds is 7. The lowest BCUT2D eigenvalue weighted by molar-refractivity contribution is 0.0899. The lowest BCUT2D eigenvalue weighted by atomic mass is 10.3. The minimum absolute atomic E-state index is 0.436. The number of hydrogen-bond donors (Lipinski definition) is 1. The minimum atomic E-state index is -1.07. The molecule has 0 saturated heterocycles. The van der Waals surface area contributed by atoms with Crippen LogP contribution in [0.15, 0.2) is 42.9 Å². The highest BCUT2D eigenvalue weighted by molar-refractivity contribution is 6.76. The molecule has 25 heavy (non-hydrogen) atoms. The summed E-state index contributed by atoms with van der Waals surface area (Å²) < 4.78 is 7.81. The number of pyridine rings is 2. The van der Waals surface area contributed by atoms with Crippen LogP contribution in [0.25, 0.3) is 11.0 Å².